The lowest BCUT2D eigenvalue weighted by atomic mass is 10.0. The van der Waals surface area contributed by atoms with Gasteiger partial charge in [0.2, 0.25) is 5.91 Å². The second-order valence-corrected chi connectivity index (χ2v) is 24.2. The standard InChI is InChI=1S/C73H137NO5/c1-3-5-7-9-11-13-15-17-18-19-20-21-29-32-35-38-42-45-49-53-57-61-65-71(76)70(69-75)74-72(77)66-62-58-54-50-46-43-39-36-33-30-27-25-23-22-24-26-28-31-34-37-40-44-48-52-56-60-64-68-79-73(78)67-63-59-55-51-47-41-16-14-12-10-8-6-4-2/h8,10,14,16,22-23,26,28,70-71,75-76H,3-7,9,11-13,15,17-21,24-25,27,29-69H2,1-2H3,(H,74,77)/b10-8-,16-14-,23-22-,28-26-. The Morgan fingerprint density at radius 1 is 0.354 bits per heavy atom. The predicted octanol–water partition coefficient (Wildman–Crippen LogP) is 22.9. The first-order chi connectivity index (χ1) is 39.0. The highest BCUT2D eigenvalue weighted by atomic mass is 16.5. The Balaban J connectivity index is 3.43. The number of nitrogens with one attached hydrogen (secondary N) is 1. The minimum atomic E-state index is -0.669. The summed E-state index contributed by atoms with van der Waals surface area (Å²) in [4.78, 5) is 24.6. The second kappa shape index (κ2) is 68.3. The zero-order valence-corrected chi connectivity index (χ0v) is 53.1. The van der Waals surface area contributed by atoms with Gasteiger partial charge in [-0.25, -0.2) is 0 Å². The molecule has 0 aliphatic carbocycles. The Hall–Kier alpha value is -2.18. The predicted molar refractivity (Wildman–Crippen MR) is 347 cm³/mol. The summed E-state index contributed by atoms with van der Waals surface area (Å²) in [7, 11) is 0. The summed E-state index contributed by atoms with van der Waals surface area (Å²) in [6.07, 6.45) is 88.7. The molecule has 0 aromatic carbocycles. The van der Waals surface area contributed by atoms with E-state index in [1.54, 1.807) is 0 Å². The van der Waals surface area contributed by atoms with E-state index >= 15 is 0 Å². The van der Waals surface area contributed by atoms with Crippen LogP contribution in [-0.4, -0.2) is 47.4 Å². The molecule has 0 aromatic rings. The lowest BCUT2D eigenvalue weighted by Gasteiger charge is -2.22. The number of aliphatic hydroxyl groups excluding tert-OH is 2. The van der Waals surface area contributed by atoms with E-state index in [4.69, 9.17) is 4.74 Å². The third-order valence-electron chi connectivity index (χ3n) is 16.3. The average molecular weight is 1110 g/mol. The van der Waals surface area contributed by atoms with Crippen molar-refractivity contribution in [3.05, 3.63) is 48.6 Å². The molecule has 0 aromatic heterocycles. The van der Waals surface area contributed by atoms with Crippen molar-refractivity contribution in [2.75, 3.05) is 13.2 Å². The largest absolute Gasteiger partial charge is 0.466 e. The molecule has 0 heterocycles. The van der Waals surface area contributed by atoms with Crippen molar-refractivity contribution in [1.29, 1.82) is 0 Å². The molecule has 2 unspecified atom stereocenters. The van der Waals surface area contributed by atoms with Gasteiger partial charge >= 0.3 is 5.97 Å². The van der Waals surface area contributed by atoms with Crippen molar-refractivity contribution in [3.63, 3.8) is 0 Å². The zero-order chi connectivity index (χ0) is 57.1. The van der Waals surface area contributed by atoms with Crippen LogP contribution in [-0.2, 0) is 14.3 Å². The van der Waals surface area contributed by atoms with E-state index in [1.165, 1.54) is 289 Å². The Bertz CT molecular complexity index is 1320. The van der Waals surface area contributed by atoms with Gasteiger partial charge in [0, 0.05) is 12.8 Å². The summed E-state index contributed by atoms with van der Waals surface area (Å²) in [5.74, 6) is -0.0392. The lowest BCUT2D eigenvalue weighted by molar-refractivity contribution is -0.143. The molecule has 0 fully saturated rings. The lowest BCUT2D eigenvalue weighted by Crippen LogP contribution is -2.45. The first-order valence-corrected chi connectivity index (χ1v) is 35.4. The number of carbonyl (C=O) groups is 2. The summed E-state index contributed by atoms with van der Waals surface area (Å²) in [5.41, 5.74) is 0. The van der Waals surface area contributed by atoms with Crippen molar-refractivity contribution in [2.45, 2.75) is 392 Å². The summed E-state index contributed by atoms with van der Waals surface area (Å²) < 4.78 is 5.47. The zero-order valence-electron chi connectivity index (χ0n) is 53.1. The number of rotatable bonds is 66. The van der Waals surface area contributed by atoms with Crippen LogP contribution in [0.2, 0.25) is 0 Å². The maximum absolute atomic E-state index is 12.5. The SMILES string of the molecule is CCC/C=C\C/C=C\CCCCCCCC(=O)OCCCCCCCCCCC/C=C\C/C=C\CCCCCCCCCCCCCC(=O)NC(CO)C(O)CCCCCCCCCCCCCCCCCCCCCCCC. The normalized spacial score (nSPS) is 12.8. The number of ether oxygens (including phenoxy) is 1. The van der Waals surface area contributed by atoms with Gasteiger partial charge < -0.3 is 20.3 Å². The molecule has 6 nitrogen and oxygen atoms in total. The molecule has 0 aliphatic rings. The van der Waals surface area contributed by atoms with E-state index in [0.29, 0.717) is 25.9 Å². The molecule has 3 N–H and O–H groups in total. The van der Waals surface area contributed by atoms with Gasteiger partial charge in [0.1, 0.15) is 0 Å². The van der Waals surface area contributed by atoms with E-state index in [-0.39, 0.29) is 18.5 Å². The summed E-state index contributed by atoms with van der Waals surface area (Å²) in [5, 5.41) is 23.4. The van der Waals surface area contributed by atoms with Crippen LogP contribution in [0.4, 0.5) is 0 Å². The third kappa shape index (κ3) is 64.8. The van der Waals surface area contributed by atoms with Crippen molar-refractivity contribution in [2.24, 2.45) is 0 Å². The van der Waals surface area contributed by atoms with Crippen LogP contribution in [0.15, 0.2) is 48.6 Å². The Kier molecular flexibility index (Phi) is 66.4. The minimum Gasteiger partial charge on any atom is -0.466 e. The number of carbonyl (C=O) groups excluding carboxylic acids is 2. The van der Waals surface area contributed by atoms with Gasteiger partial charge in [-0.15, -0.1) is 0 Å². The van der Waals surface area contributed by atoms with Crippen molar-refractivity contribution in [1.82, 2.24) is 5.32 Å². The van der Waals surface area contributed by atoms with Crippen LogP contribution >= 0.6 is 0 Å². The molecule has 0 saturated carbocycles. The first kappa shape index (κ1) is 76.8. The minimum absolute atomic E-state index is 0.00458. The van der Waals surface area contributed by atoms with Gasteiger partial charge in [-0.05, 0) is 83.5 Å². The number of allylic oxidation sites excluding steroid dienone is 8. The van der Waals surface area contributed by atoms with Crippen LogP contribution in [0.1, 0.15) is 380 Å². The van der Waals surface area contributed by atoms with Crippen LogP contribution in [0.25, 0.3) is 0 Å². The van der Waals surface area contributed by atoms with E-state index in [2.05, 4.69) is 67.8 Å². The number of hydrogen-bond acceptors (Lipinski definition) is 5. The Morgan fingerprint density at radius 2 is 0.658 bits per heavy atom. The molecule has 6 heteroatoms. The molecular weight excluding hydrogens is 971 g/mol. The quantitative estimate of drug-likeness (QED) is 0.0320. The van der Waals surface area contributed by atoms with Crippen LogP contribution < -0.4 is 5.32 Å². The molecule has 0 saturated heterocycles. The summed E-state index contributed by atoms with van der Waals surface area (Å²) in [6.45, 7) is 4.91. The molecule has 0 radical (unpaired) electrons. The highest BCUT2D eigenvalue weighted by molar-refractivity contribution is 5.76. The van der Waals surface area contributed by atoms with Crippen molar-refractivity contribution < 1.29 is 24.5 Å². The molecule has 464 valence electrons. The van der Waals surface area contributed by atoms with Crippen molar-refractivity contribution in [3.8, 4) is 0 Å². The fourth-order valence-corrected chi connectivity index (χ4v) is 10.9. The molecule has 0 rings (SSSR count). The van der Waals surface area contributed by atoms with Gasteiger partial charge in [0.25, 0.3) is 0 Å². The number of esters is 1. The topological polar surface area (TPSA) is 95.9 Å². The van der Waals surface area contributed by atoms with E-state index in [0.717, 1.165) is 57.8 Å². The van der Waals surface area contributed by atoms with Crippen LogP contribution in [0, 0.1) is 0 Å². The Morgan fingerprint density at radius 3 is 1.01 bits per heavy atom. The average Bonchev–Trinajstić information content (AvgIpc) is 3.45. The van der Waals surface area contributed by atoms with Gasteiger partial charge in [0.15, 0.2) is 0 Å². The monoisotopic (exact) mass is 1110 g/mol. The van der Waals surface area contributed by atoms with Gasteiger partial charge in [-0.2, -0.15) is 0 Å². The van der Waals surface area contributed by atoms with Crippen LogP contribution in [0.5, 0.6) is 0 Å². The summed E-state index contributed by atoms with van der Waals surface area (Å²) in [6, 6.07) is -0.546. The van der Waals surface area contributed by atoms with E-state index in [1.807, 2.05) is 0 Å². The first-order valence-electron chi connectivity index (χ1n) is 35.4. The maximum Gasteiger partial charge on any atom is 0.305 e. The molecular formula is C73H137NO5. The van der Waals surface area contributed by atoms with Gasteiger partial charge in [-0.1, -0.05) is 332 Å². The van der Waals surface area contributed by atoms with Crippen LogP contribution in [0.3, 0.4) is 0 Å². The molecule has 0 spiro atoms. The molecule has 0 aliphatic heterocycles. The third-order valence-corrected chi connectivity index (χ3v) is 16.3. The Labute approximate surface area is 493 Å². The highest BCUT2D eigenvalue weighted by Gasteiger charge is 2.20. The van der Waals surface area contributed by atoms with Gasteiger partial charge in [0.05, 0.1) is 25.4 Å². The molecule has 79 heavy (non-hydrogen) atoms. The fourth-order valence-electron chi connectivity index (χ4n) is 10.9. The second-order valence-electron chi connectivity index (χ2n) is 24.2. The smallest absolute Gasteiger partial charge is 0.305 e. The van der Waals surface area contributed by atoms with E-state index in [9.17, 15) is 19.8 Å². The number of amides is 1. The highest BCUT2D eigenvalue weighted by Crippen LogP contribution is 2.18. The summed E-state index contributed by atoms with van der Waals surface area (Å²) >= 11 is 0. The molecule has 0 bridgehead atoms. The number of hydrogen-bond donors (Lipinski definition) is 3. The van der Waals surface area contributed by atoms with Crippen molar-refractivity contribution >= 4 is 11.9 Å². The molecule has 2 atom stereocenters. The van der Waals surface area contributed by atoms with E-state index < -0.39 is 12.1 Å². The fraction of sp³-hybridized carbons (Fsp3) is 0.863. The maximum atomic E-state index is 12.5. The number of aliphatic hydroxyl groups is 2. The number of unbranched alkanes of at least 4 members (excludes halogenated alkanes) is 47. The molecule has 1 amide bonds. The van der Waals surface area contributed by atoms with Gasteiger partial charge in [-0.3, -0.25) is 9.59 Å².